The van der Waals surface area contributed by atoms with Crippen LogP contribution in [-0.4, -0.2) is 6.18 Å². The van der Waals surface area contributed by atoms with Crippen LogP contribution in [-0.2, 0) is 6.42 Å². The van der Waals surface area contributed by atoms with E-state index in [1.165, 1.54) is 0 Å². The maximum Gasteiger partial charge on any atom is 0.458 e. The van der Waals surface area contributed by atoms with Crippen LogP contribution in [0.4, 0.5) is 35.1 Å². The molecule has 0 fully saturated rings. The molecule has 0 heterocycles. The normalized spacial score (nSPS) is 11.3. The summed E-state index contributed by atoms with van der Waals surface area (Å²) in [6.07, 6.45) is -3.77. The summed E-state index contributed by atoms with van der Waals surface area (Å²) in [4.78, 5) is 0. The summed E-state index contributed by atoms with van der Waals surface area (Å²) in [5, 5.41) is 0. The minimum atomic E-state index is -4.83. The largest absolute Gasteiger partial charge is 0.458 e. The highest BCUT2D eigenvalue weighted by Gasteiger charge is 2.23. The molecule has 3 rings (SSSR count). The summed E-state index contributed by atoms with van der Waals surface area (Å²) in [5.41, 5.74) is -2.24. The van der Waals surface area contributed by atoms with E-state index in [4.69, 9.17) is 0 Å². The first-order chi connectivity index (χ1) is 15.0. The van der Waals surface area contributed by atoms with Crippen LogP contribution >= 0.6 is 0 Å². The molecule has 32 heavy (non-hydrogen) atoms. The third kappa shape index (κ3) is 5.10. The Labute approximate surface area is 178 Å². The van der Waals surface area contributed by atoms with E-state index in [0.29, 0.717) is 36.6 Å². The van der Waals surface area contributed by atoms with Gasteiger partial charge in [0.05, 0.1) is 16.7 Å². The smallest absolute Gasteiger partial charge is 0.206 e. The summed E-state index contributed by atoms with van der Waals surface area (Å²) >= 11 is 0. The lowest BCUT2D eigenvalue weighted by Crippen LogP contribution is -2.02. The standard InChI is InChI=1S/C24H14F8/c1-2-3-13-8-18(26)23(19(27)9-13)16-11-20(28)22(21(29)12-16)15-5-4-14(17(25)10-15)6-7-24(30,31)32/h4-5,8-12H,2-3H2,1H3. The predicted octanol–water partition coefficient (Wildman–Crippen LogP) is 7.58. The lowest BCUT2D eigenvalue weighted by molar-refractivity contribution is -0.0696. The molecule has 0 saturated carbocycles. The van der Waals surface area contributed by atoms with Gasteiger partial charge in [0, 0.05) is 5.92 Å². The molecule has 0 aliphatic heterocycles. The van der Waals surface area contributed by atoms with Gasteiger partial charge in [0.2, 0.25) is 0 Å². The van der Waals surface area contributed by atoms with E-state index in [1.807, 2.05) is 6.92 Å². The first kappa shape index (κ1) is 23.3. The van der Waals surface area contributed by atoms with Crippen molar-refractivity contribution >= 4 is 0 Å². The molecule has 0 aliphatic rings. The van der Waals surface area contributed by atoms with Crippen molar-refractivity contribution in [2.45, 2.75) is 25.9 Å². The molecule has 3 aromatic rings. The summed E-state index contributed by atoms with van der Waals surface area (Å²) < 4.78 is 109. The molecule has 0 aromatic heterocycles. The van der Waals surface area contributed by atoms with Gasteiger partial charge < -0.3 is 0 Å². The molecule has 166 valence electrons. The van der Waals surface area contributed by atoms with Crippen molar-refractivity contribution in [3.05, 3.63) is 82.7 Å². The second-order valence-electron chi connectivity index (χ2n) is 6.94. The third-order valence-corrected chi connectivity index (χ3v) is 4.57. The highest BCUT2D eigenvalue weighted by Crippen LogP contribution is 2.34. The van der Waals surface area contributed by atoms with Crippen LogP contribution in [0.3, 0.4) is 0 Å². The zero-order valence-electron chi connectivity index (χ0n) is 16.5. The zero-order valence-corrected chi connectivity index (χ0v) is 16.5. The lowest BCUT2D eigenvalue weighted by atomic mass is 9.96. The second kappa shape index (κ2) is 9.03. The van der Waals surface area contributed by atoms with E-state index in [9.17, 15) is 35.1 Å². The van der Waals surface area contributed by atoms with Crippen LogP contribution in [0.5, 0.6) is 0 Å². The fourth-order valence-corrected chi connectivity index (χ4v) is 3.24. The number of benzene rings is 3. The van der Waals surface area contributed by atoms with E-state index >= 15 is 0 Å². The highest BCUT2D eigenvalue weighted by molar-refractivity contribution is 5.73. The Morgan fingerprint density at radius 1 is 0.688 bits per heavy atom. The zero-order chi connectivity index (χ0) is 23.6. The Balaban J connectivity index is 2.04. The molecule has 8 heteroatoms. The predicted molar refractivity (Wildman–Crippen MR) is 104 cm³/mol. The van der Waals surface area contributed by atoms with Crippen molar-refractivity contribution in [3.63, 3.8) is 0 Å². The summed E-state index contributed by atoms with van der Waals surface area (Å²) in [6, 6.07) is 6.04. The SMILES string of the molecule is CCCc1cc(F)c(-c2cc(F)c(-c3ccc(C#CC(F)(F)F)c(F)c3)c(F)c2)c(F)c1. The number of hydrogen-bond acceptors (Lipinski definition) is 0. The molecule has 0 spiro atoms. The molecule has 0 unspecified atom stereocenters. The maximum atomic E-state index is 14.7. The van der Waals surface area contributed by atoms with Crippen LogP contribution in [0.15, 0.2) is 42.5 Å². The van der Waals surface area contributed by atoms with Crippen molar-refractivity contribution in [3.8, 4) is 34.1 Å². The monoisotopic (exact) mass is 454 g/mol. The number of aryl methyl sites for hydroxylation is 1. The maximum absolute atomic E-state index is 14.7. The first-order valence-electron chi connectivity index (χ1n) is 9.37. The van der Waals surface area contributed by atoms with E-state index in [1.54, 1.807) is 5.92 Å². The average molecular weight is 454 g/mol. The van der Waals surface area contributed by atoms with E-state index in [-0.39, 0.29) is 5.56 Å². The van der Waals surface area contributed by atoms with E-state index in [0.717, 1.165) is 30.2 Å². The Bertz CT molecular complexity index is 1180. The lowest BCUT2D eigenvalue weighted by Gasteiger charge is -2.12. The molecule has 0 nitrogen and oxygen atoms in total. The van der Waals surface area contributed by atoms with Crippen molar-refractivity contribution in [1.29, 1.82) is 0 Å². The summed E-state index contributed by atoms with van der Waals surface area (Å²) in [5.74, 6) is -3.16. The number of hydrogen-bond donors (Lipinski definition) is 0. The average Bonchev–Trinajstić information content (AvgIpc) is 2.66. The van der Waals surface area contributed by atoms with Gasteiger partial charge >= 0.3 is 6.18 Å². The minimum absolute atomic E-state index is 0.319. The quantitative estimate of drug-likeness (QED) is 0.282. The summed E-state index contributed by atoms with van der Waals surface area (Å²) in [7, 11) is 0. The van der Waals surface area contributed by atoms with Gasteiger partial charge in [0.25, 0.3) is 0 Å². The van der Waals surface area contributed by atoms with Gasteiger partial charge in [-0.05, 0) is 59.5 Å². The van der Waals surface area contributed by atoms with Crippen LogP contribution < -0.4 is 0 Å². The second-order valence-corrected chi connectivity index (χ2v) is 6.94. The molecule has 0 bridgehead atoms. The molecule has 0 saturated heterocycles. The molecular formula is C24H14F8. The van der Waals surface area contributed by atoms with Crippen LogP contribution in [0.1, 0.15) is 24.5 Å². The Kier molecular flexibility index (Phi) is 6.58. The van der Waals surface area contributed by atoms with Gasteiger partial charge in [-0.2, -0.15) is 13.2 Å². The molecule has 0 aliphatic carbocycles. The number of halogens is 8. The summed E-state index contributed by atoms with van der Waals surface area (Å²) in [6.45, 7) is 1.82. The molecule has 0 amide bonds. The molecule has 3 aromatic carbocycles. The van der Waals surface area contributed by atoms with Crippen molar-refractivity contribution < 1.29 is 35.1 Å². The topological polar surface area (TPSA) is 0 Å². The first-order valence-corrected chi connectivity index (χ1v) is 9.37. The van der Waals surface area contributed by atoms with Crippen LogP contribution in [0.25, 0.3) is 22.3 Å². The van der Waals surface area contributed by atoms with Gasteiger partial charge in [-0.3, -0.25) is 0 Å². The molecule has 0 atom stereocenters. The third-order valence-electron chi connectivity index (χ3n) is 4.57. The molecule has 0 radical (unpaired) electrons. The van der Waals surface area contributed by atoms with Crippen molar-refractivity contribution in [2.75, 3.05) is 0 Å². The van der Waals surface area contributed by atoms with Crippen molar-refractivity contribution in [2.24, 2.45) is 0 Å². The molecule has 0 N–H and O–H groups in total. The van der Waals surface area contributed by atoms with Gasteiger partial charge in [-0.15, -0.1) is 0 Å². The molecular weight excluding hydrogens is 440 g/mol. The van der Waals surface area contributed by atoms with E-state index < -0.39 is 57.5 Å². The van der Waals surface area contributed by atoms with E-state index in [2.05, 4.69) is 0 Å². The number of rotatable bonds is 4. The Morgan fingerprint density at radius 2 is 1.19 bits per heavy atom. The fraction of sp³-hybridized carbons (Fsp3) is 0.167. The van der Waals surface area contributed by atoms with Gasteiger partial charge in [-0.25, -0.2) is 22.0 Å². The van der Waals surface area contributed by atoms with Gasteiger partial charge in [0.1, 0.15) is 29.1 Å². The minimum Gasteiger partial charge on any atom is -0.206 e. The number of alkyl halides is 3. The fourth-order valence-electron chi connectivity index (χ4n) is 3.24. The highest BCUT2D eigenvalue weighted by atomic mass is 19.4. The van der Waals surface area contributed by atoms with Gasteiger partial charge in [0.15, 0.2) is 0 Å². The van der Waals surface area contributed by atoms with Crippen LogP contribution in [0.2, 0.25) is 0 Å². The van der Waals surface area contributed by atoms with Gasteiger partial charge in [-0.1, -0.05) is 25.3 Å². The van der Waals surface area contributed by atoms with Crippen molar-refractivity contribution in [1.82, 2.24) is 0 Å². The Morgan fingerprint density at radius 3 is 1.69 bits per heavy atom. The van der Waals surface area contributed by atoms with Crippen LogP contribution in [0, 0.1) is 40.9 Å². The Hall–Kier alpha value is -3.34.